The van der Waals surface area contributed by atoms with Gasteiger partial charge in [0, 0.05) is 17.0 Å². The number of ether oxygens (including phenoxy) is 2. The van der Waals surface area contributed by atoms with Gasteiger partial charge < -0.3 is 14.6 Å². The van der Waals surface area contributed by atoms with E-state index in [0.29, 0.717) is 17.9 Å². The van der Waals surface area contributed by atoms with Crippen LogP contribution in [0.15, 0.2) is 18.3 Å². The fraction of sp³-hybridized carbons (Fsp3) is 0.625. The fourth-order valence-electron chi connectivity index (χ4n) is 4.95. The second-order valence-electron chi connectivity index (χ2n) is 11.3. The van der Waals surface area contributed by atoms with Crippen molar-refractivity contribution >= 4 is 34.7 Å². The van der Waals surface area contributed by atoms with E-state index in [1.165, 1.54) is 0 Å². The minimum absolute atomic E-state index is 0.0873. The van der Waals surface area contributed by atoms with Crippen LogP contribution in [-0.2, 0) is 15.1 Å². The molecule has 0 aliphatic heterocycles. The number of hydrogen-bond donors (Lipinski definition) is 2. The van der Waals surface area contributed by atoms with Crippen molar-refractivity contribution in [2.75, 3.05) is 6.54 Å². The molecule has 2 saturated carbocycles. The van der Waals surface area contributed by atoms with Crippen molar-refractivity contribution < 1.29 is 24.2 Å². The van der Waals surface area contributed by atoms with E-state index >= 15 is 0 Å². The van der Waals surface area contributed by atoms with Crippen molar-refractivity contribution in [2.45, 2.75) is 71.2 Å². The van der Waals surface area contributed by atoms with Crippen molar-refractivity contribution in [1.82, 2.24) is 15.1 Å². The van der Waals surface area contributed by atoms with E-state index in [4.69, 9.17) is 21.1 Å². The molecule has 1 heterocycles. The van der Waals surface area contributed by atoms with Gasteiger partial charge in [0.15, 0.2) is 0 Å². The molecule has 2 N–H and O–H groups in total. The zero-order chi connectivity index (χ0) is 24.3. The lowest BCUT2D eigenvalue weighted by atomic mass is 9.85. The Hall–Kier alpha value is -2.32. The minimum Gasteiger partial charge on any atom is -0.443 e. The van der Waals surface area contributed by atoms with Gasteiger partial charge in [-0.3, -0.25) is 5.10 Å². The molecular weight excluding hydrogens is 446 g/mol. The van der Waals surface area contributed by atoms with E-state index in [0.717, 1.165) is 21.4 Å². The van der Waals surface area contributed by atoms with Gasteiger partial charge in [0.05, 0.1) is 17.3 Å². The molecule has 2 aliphatic carbocycles. The Bertz CT molecular complexity index is 1040. The number of imide groups is 1. The van der Waals surface area contributed by atoms with Gasteiger partial charge >= 0.3 is 12.2 Å². The van der Waals surface area contributed by atoms with E-state index in [1.807, 2.05) is 0 Å². The molecule has 0 spiro atoms. The van der Waals surface area contributed by atoms with Crippen LogP contribution in [0.25, 0.3) is 10.9 Å². The molecule has 9 heteroatoms. The van der Waals surface area contributed by atoms with E-state index in [9.17, 15) is 14.7 Å². The Morgan fingerprint density at radius 3 is 2.18 bits per heavy atom. The van der Waals surface area contributed by atoms with Crippen LogP contribution in [-0.4, -0.2) is 50.1 Å². The molecule has 180 valence electrons. The van der Waals surface area contributed by atoms with E-state index < -0.39 is 29.0 Å². The Labute approximate surface area is 198 Å². The van der Waals surface area contributed by atoms with Gasteiger partial charge in [-0.1, -0.05) is 11.6 Å². The van der Waals surface area contributed by atoms with Gasteiger partial charge in [-0.25, -0.2) is 14.5 Å². The molecule has 2 amide bonds. The third-order valence-electron chi connectivity index (χ3n) is 6.30. The first-order valence-corrected chi connectivity index (χ1v) is 11.6. The summed E-state index contributed by atoms with van der Waals surface area (Å²) in [7, 11) is 0. The van der Waals surface area contributed by atoms with Crippen LogP contribution in [0.3, 0.4) is 0 Å². The van der Waals surface area contributed by atoms with Crippen LogP contribution < -0.4 is 0 Å². The van der Waals surface area contributed by atoms with Crippen molar-refractivity contribution in [2.24, 2.45) is 17.8 Å². The molecule has 4 rings (SSSR count). The summed E-state index contributed by atoms with van der Waals surface area (Å²) >= 11 is 6.27. The van der Waals surface area contributed by atoms with Crippen LogP contribution >= 0.6 is 11.6 Å². The molecule has 0 radical (unpaired) electrons. The standard InChI is InChI=1S/C24H32ClN3O5/c1-22(2,3)32-20(29)28(21(30)33-23(4,5)6)12-17-14-9-24(31,10-15(14)17)18-7-13(25)8-19-16(18)11-26-27-19/h7-8,11,14-15,17,31H,9-10,12H2,1-6H3,(H,26,27)/t14-,15+,17?,24?. The largest absolute Gasteiger partial charge is 0.443 e. The molecule has 1 aromatic carbocycles. The van der Waals surface area contributed by atoms with Crippen LogP contribution in [0.4, 0.5) is 9.59 Å². The van der Waals surface area contributed by atoms with E-state index in [-0.39, 0.29) is 24.3 Å². The first kappa shape index (κ1) is 23.8. The van der Waals surface area contributed by atoms with E-state index in [2.05, 4.69) is 10.2 Å². The second-order valence-corrected chi connectivity index (χ2v) is 11.7. The number of fused-ring (bicyclic) bond motifs is 2. The number of benzene rings is 1. The normalized spacial score (nSPS) is 26.7. The fourth-order valence-corrected chi connectivity index (χ4v) is 5.17. The quantitative estimate of drug-likeness (QED) is 0.627. The summed E-state index contributed by atoms with van der Waals surface area (Å²) in [6.07, 6.45) is 1.32. The lowest BCUT2D eigenvalue weighted by molar-refractivity contribution is -0.00264. The van der Waals surface area contributed by atoms with Gasteiger partial charge in [-0.15, -0.1) is 0 Å². The molecule has 2 unspecified atom stereocenters. The third kappa shape index (κ3) is 4.96. The maximum atomic E-state index is 12.8. The first-order valence-electron chi connectivity index (χ1n) is 11.3. The van der Waals surface area contributed by atoms with E-state index in [1.54, 1.807) is 59.9 Å². The highest BCUT2D eigenvalue weighted by Gasteiger charge is 2.62. The average molecular weight is 478 g/mol. The van der Waals surface area contributed by atoms with Crippen molar-refractivity contribution in [3.05, 3.63) is 28.9 Å². The number of halogens is 1. The number of H-pyrrole nitrogens is 1. The molecule has 2 aliphatic rings. The SMILES string of the molecule is CC(C)(C)OC(=O)N(CC1[C@H]2CC(O)(c3cc(Cl)cc4[nH]ncc34)C[C@@H]12)C(=O)OC(C)(C)C. The second kappa shape index (κ2) is 7.87. The van der Waals surface area contributed by atoms with Gasteiger partial charge in [0.2, 0.25) is 0 Å². The third-order valence-corrected chi connectivity index (χ3v) is 6.52. The molecule has 2 aromatic rings. The molecular formula is C24H32ClN3O5. The Morgan fingerprint density at radius 2 is 1.67 bits per heavy atom. The summed E-state index contributed by atoms with van der Waals surface area (Å²) in [5.74, 6) is 0.455. The zero-order valence-corrected chi connectivity index (χ0v) is 20.7. The molecule has 0 bridgehead atoms. The number of nitrogens with one attached hydrogen (secondary N) is 1. The Morgan fingerprint density at radius 1 is 1.12 bits per heavy atom. The minimum atomic E-state index is -1.03. The first-order chi connectivity index (χ1) is 15.2. The topological polar surface area (TPSA) is 105 Å². The number of aromatic nitrogens is 2. The highest BCUT2D eigenvalue weighted by Crippen LogP contribution is 2.64. The molecule has 4 atom stereocenters. The monoisotopic (exact) mass is 477 g/mol. The molecule has 2 fully saturated rings. The summed E-state index contributed by atoms with van der Waals surface area (Å²) in [4.78, 5) is 26.7. The number of nitrogens with zero attached hydrogens (tertiary/aromatic N) is 2. The van der Waals surface area contributed by atoms with Crippen LogP contribution in [0.1, 0.15) is 59.9 Å². The van der Waals surface area contributed by atoms with Gasteiger partial charge in [-0.2, -0.15) is 5.10 Å². The summed E-state index contributed by atoms with van der Waals surface area (Å²) in [5.41, 5.74) is -0.953. The number of aliphatic hydroxyl groups is 1. The summed E-state index contributed by atoms with van der Waals surface area (Å²) < 4.78 is 10.9. The predicted molar refractivity (Wildman–Crippen MR) is 124 cm³/mol. The van der Waals surface area contributed by atoms with Crippen molar-refractivity contribution in [3.8, 4) is 0 Å². The van der Waals surface area contributed by atoms with Crippen molar-refractivity contribution in [3.63, 3.8) is 0 Å². The lowest BCUT2D eigenvalue weighted by Gasteiger charge is -2.30. The van der Waals surface area contributed by atoms with Crippen LogP contribution in [0.5, 0.6) is 0 Å². The highest BCUT2D eigenvalue weighted by molar-refractivity contribution is 6.31. The van der Waals surface area contributed by atoms with Gasteiger partial charge in [0.1, 0.15) is 11.2 Å². The van der Waals surface area contributed by atoms with Crippen LogP contribution in [0.2, 0.25) is 5.02 Å². The molecule has 33 heavy (non-hydrogen) atoms. The van der Waals surface area contributed by atoms with Gasteiger partial charge in [0.25, 0.3) is 0 Å². The molecule has 0 saturated heterocycles. The summed E-state index contributed by atoms with van der Waals surface area (Å²) in [6, 6.07) is 3.58. The number of rotatable bonds is 3. The Kier molecular flexibility index (Phi) is 5.69. The lowest BCUT2D eigenvalue weighted by Crippen LogP contribution is -2.45. The summed E-state index contributed by atoms with van der Waals surface area (Å²) in [6.45, 7) is 10.7. The number of carbonyl (C=O) groups is 2. The molecule has 1 aromatic heterocycles. The van der Waals surface area contributed by atoms with Crippen LogP contribution in [0, 0.1) is 17.8 Å². The maximum Gasteiger partial charge on any atom is 0.419 e. The smallest absolute Gasteiger partial charge is 0.419 e. The number of carbonyl (C=O) groups excluding carboxylic acids is 2. The summed E-state index contributed by atoms with van der Waals surface area (Å²) in [5, 5.41) is 19.9. The number of hydrogen-bond acceptors (Lipinski definition) is 6. The maximum absolute atomic E-state index is 12.8. The number of aromatic amines is 1. The zero-order valence-electron chi connectivity index (χ0n) is 19.9. The highest BCUT2D eigenvalue weighted by atomic mass is 35.5. The molecule has 8 nitrogen and oxygen atoms in total. The average Bonchev–Trinajstić information content (AvgIpc) is 2.99. The predicted octanol–water partition coefficient (Wildman–Crippen LogP) is 5.23. The Balaban J connectivity index is 1.49. The van der Waals surface area contributed by atoms with Gasteiger partial charge in [-0.05, 0) is 89.8 Å². The number of amides is 2. The van der Waals surface area contributed by atoms with Crippen molar-refractivity contribution in [1.29, 1.82) is 0 Å².